The first kappa shape index (κ1) is 12.9. The van der Waals surface area contributed by atoms with Gasteiger partial charge in [0.15, 0.2) is 0 Å². The van der Waals surface area contributed by atoms with Crippen molar-refractivity contribution in [3.63, 3.8) is 0 Å². The zero-order valence-corrected chi connectivity index (χ0v) is 8.93. The highest BCUT2D eigenvalue weighted by Gasteiger charge is 2.30. The number of nitrogens with one attached hydrogen (secondary N) is 2. The van der Waals surface area contributed by atoms with Crippen molar-refractivity contribution in [3.8, 4) is 0 Å². The first-order chi connectivity index (χ1) is 7.90. The average Bonchev–Trinajstić information content (AvgIpc) is 2.63. The molecule has 1 heterocycles. The number of hydrogen-bond acceptors (Lipinski definition) is 4. The number of aliphatic carboxylic acids is 1. The first-order valence-electron chi connectivity index (χ1n) is 5.01. The molecule has 0 aliphatic carbocycles. The maximum atomic E-state index is 11.5. The molecule has 0 unspecified atom stereocenters. The van der Waals surface area contributed by atoms with E-state index in [9.17, 15) is 19.2 Å². The molecule has 5 N–H and O–H groups in total. The molecular formula is C9H13N3O5. The summed E-state index contributed by atoms with van der Waals surface area (Å²) in [7, 11) is 0. The molecule has 0 saturated carbocycles. The highest BCUT2D eigenvalue weighted by atomic mass is 16.4. The van der Waals surface area contributed by atoms with E-state index in [1.807, 2.05) is 0 Å². The van der Waals surface area contributed by atoms with Crippen LogP contribution in [0, 0.1) is 0 Å². The number of carboxylic acids is 1. The molecule has 1 rings (SSSR count). The predicted octanol–water partition coefficient (Wildman–Crippen LogP) is -2.29. The van der Waals surface area contributed by atoms with Gasteiger partial charge in [-0.25, -0.2) is 4.79 Å². The van der Waals surface area contributed by atoms with Crippen molar-refractivity contribution in [2.24, 2.45) is 5.73 Å². The van der Waals surface area contributed by atoms with Gasteiger partial charge < -0.3 is 21.5 Å². The number of carboxylic acid groups (broad SMARTS) is 1. The van der Waals surface area contributed by atoms with Gasteiger partial charge in [0, 0.05) is 6.42 Å². The number of amides is 3. The van der Waals surface area contributed by atoms with Crippen LogP contribution in [-0.2, 0) is 19.2 Å². The molecule has 8 nitrogen and oxygen atoms in total. The fourth-order valence-electron chi connectivity index (χ4n) is 1.48. The standard InChI is InChI=1S/C9H13N3O5/c10-6(13)3-5(9(16)17)12-8(15)4-1-2-7(14)11-4/h4-5H,1-3H2,(H2,10,13)(H,11,14)(H,12,15)(H,16,17)/t4-,5+/m0/s1. The number of primary amides is 1. The summed E-state index contributed by atoms with van der Waals surface area (Å²) in [5.74, 6) is -3.05. The largest absolute Gasteiger partial charge is 0.480 e. The molecule has 0 aromatic rings. The number of nitrogens with two attached hydrogens (primary N) is 1. The minimum atomic E-state index is -1.36. The average molecular weight is 243 g/mol. The van der Waals surface area contributed by atoms with Crippen LogP contribution in [0.25, 0.3) is 0 Å². The van der Waals surface area contributed by atoms with Gasteiger partial charge in [-0.05, 0) is 6.42 Å². The quantitative estimate of drug-likeness (QED) is 0.430. The van der Waals surface area contributed by atoms with Crippen LogP contribution < -0.4 is 16.4 Å². The third-order valence-corrected chi connectivity index (χ3v) is 2.33. The van der Waals surface area contributed by atoms with Crippen LogP contribution in [0.2, 0.25) is 0 Å². The fraction of sp³-hybridized carbons (Fsp3) is 0.556. The van der Waals surface area contributed by atoms with Crippen LogP contribution in [0.1, 0.15) is 19.3 Å². The number of carbonyl (C=O) groups is 4. The molecule has 17 heavy (non-hydrogen) atoms. The Morgan fingerprint density at radius 1 is 1.53 bits per heavy atom. The van der Waals surface area contributed by atoms with Crippen molar-refractivity contribution >= 4 is 23.7 Å². The summed E-state index contributed by atoms with van der Waals surface area (Å²) in [6, 6.07) is -2.10. The van der Waals surface area contributed by atoms with Crippen LogP contribution in [-0.4, -0.2) is 40.9 Å². The third-order valence-electron chi connectivity index (χ3n) is 2.33. The molecule has 0 radical (unpaired) electrons. The molecule has 8 heteroatoms. The number of rotatable bonds is 5. The smallest absolute Gasteiger partial charge is 0.326 e. The van der Waals surface area contributed by atoms with E-state index in [0.29, 0.717) is 6.42 Å². The lowest BCUT2D eigenvalue weighted by Gasteiger charge is -2.16. The van der Waals surface area contributed by atoms with Crippen molar-refractivity contribution in [3.05, 3.63) is 0 Å². The van der Waals surface area contributed by atoms with Crippen molar-refractivity contribution in [2.45, 2.75) is 31.3 Å². The summed E-state index contributed by atoms with van der Waals surface area (Å²) in [5, 5.41) is 13.3. The van der Waals surface area contributed by atoms with Crippen LogP contribution in [0.5, 0.6) is 0 Å². The monoisotopic (exact) mass is 243 g/mol. The SMILES string of the molecule is NC(=O)C[C@@H](NC(=O)[C@@H]1CCC(=O)N1)C(=O)O. The van der Waals surface area contributed by atoms with E-state index < -0.39 is 36.3 Å². The van der Waals surface area contributed by atoms with E-state index in [2.05, 4.69) is 10.6 Å². The molecule has 2 atom stereocenters. The lowest BCUT2D eigenvalue weighted by atomic mass is 10.1. The Kier molecular flexibility index (Phi) is 4.02. The molecule has 0 aromatic carbocycles. The Morgan fingerprint density at radius 2 is 2.18 bits per heavy atom. The molecule has 1 aliphatic heterocycles. The molecule has 94 valence electrons. The van der Waals surface area contributed by atoms with Gasteiger partial charge in [0.25, 0.3) is 0 Å². The minimum Gasteiger partial charge on any atom is -0.480 e. The first-order valence-corrected chi connectivity index (χ1v) is 5.01. The highest BCUT2D eigenvalue weighted by molar-refractivity contribution is 5.94. The lowest BCUT2D eigenvalue weighted by Crippen LogP contribution is -2.49. The second-order valence-corrected chi connectivity index (χ2v) is 3.73. The fourth-order valence-corrected chi connectivity index (χ4v) is 1.48. The maximum absolute atomic E-state index is 11.5. The lowest BCUT2D eigenvalue weighted by molar-refractivity contribution is -0.143. The Labute approximate surface area is 96.5 Å². The van der Waals surface area contributed by atoms with E-state index >= 15 is 0 Å². The number of carbonyl (C=O) groups excluding carboxylic acids is 3. The Morgan fingerprint density at radius 3 is 2.59 bits per heavy atom. The van der Waals surface area contributed by atoms with Crippen molar-refractivity contribution in [1.29, 1.82) is 0 Å². The Balaban J connectivity index is 2.55. The molecular weight excluding hydrogens is 230 g/mol. The van der Waals surface area contributed by atoms with Crippen LogP contribution in [0.15, 0.2) is 0 Å². The van der Waals surface area contributed by atoms with Crippen LogP contribution >= 0.6 is 0 Å². The summed E-state index contributed by atoms with van der Waals surface area (Å²) in [6.07, 6.45) is 0.0565. The second kappa shape index (κ2) is 5.28. The van der Waals surface area contributed by atoms with Gasteiger partial charge in [-0.15, -0.1) is 0 Å². The van der Waals surface area contributed by atoms with E-state index in [1.165, 1.54) is 0 Å². The predicted molar refractivity (Wildman–Crippen MR) is 54.5 cm³/mol. The van der Waals surface area contributed by atoms with Gasteiger partial charge in [0.05, 0.1) is 6.42 Å². The van der Waals surface area contributed by atoms with E-state index in [0.717, 1.165) is 0 Å². The summed E-state index contributed by atoms with van der Waals surface area (Å²) < 4.78 is 0. The summed E-state index contributed by atoms with van der Waals surface area (Å²) in [4.78, 5) is 43.8. The Hall–Kier alpha value is -2.12. The van der Waals surface area contributed by atoms with Gasteiger partial charge >= 0.3 is 5.97 Å². The summed E-state index contributed by atoms with van der Waals surface area (Å²) in [6.45, 7) is 0. The van der Waals surface area contributed by atoms with E-state index in [4.69, 9.17) is 10.8 Å². The summed E-state index contributed by atoms with van der Waals surface area (Å²) >= 11 is 0. The van der Waals surface area contributed by atoms with Gasteiger partial charge in [-0.3, -0.25) is 14.4 Å². The normalized spacial score (nSPS) is 20.5. The molecule has 3 amide bonds. The summed E-state index contributed by atoms with van der Waals surface area (Å²) in [5.41, 5.74) is 4.86. The number of hydrogen-bond donors (Lipinski definition) is 4. The highest BCUT2D eigenvalue weighted by Crippen LogP contribution is 2.07. The van der Waals surface area contributed by atoms with Gasteiger partial charge in [-0.2, -0.15) is 0 Å². The van der Waals surface area contributed by atoms with E-state index in [1.54, 1.807) is 0 Å². The van der Waals surface area contributed by atoms with Crippen LogP contribution in [0.3, 0.4) is 0 Å². The van der Waals surface area contributed by atoms with Crippen molar-refractivity contribution < 1.29 is 24.3 Å². The Bertz CT molecular complexity index is 368. The molecule has 0 bridgehead atoms. The van der Waals surface area contributed by atoms with Gasteiger partial charge in [0.1, 0.15) is 12.1 Å². The van der Waals surface area contributed by atoms with Crippen molar-refractivity contribution in [1.82, 2.24) is 10.6 Å². The zero-order chi connectivity index (χ0) is 13.0. The molecule has 1 fully saturated rings. The topological polar surface area (TPSA) is 139 Å². The van der Waals surface area contributed by atoms with E-state index in [-0.39, 0.29) is 12.3 Å². The minimum absolute atomic E-state index is 0.228. The van der Waals surface area contributed by atoms with Crippen molar-refractivity contribution in [2.75, 3.05) is 0 Å². The van der Waals surface area contributed by atoms with Gasteiger partial charge in [-0.1, -0.05) is 0 Å². The molecule has 1 aliphatic rings. The third kappa shape index (κ3) is 3.74. The molecule has 1 saturated heterocycles. The molecule has 0 spiro atoms. The zero-order valence-electron chi connectivity index (χ0n) is 8.93. The maximum Gasteiger partial charge on any atom is 0.326 e. The second-order valence-electron chi connectivity index (χ2n) is 3.73. The molecule has 0 aromatic heterocycles. The van der Waals surface area contributed by atoms with Gasteiger partial charge in [0.2, 0.25) is 17.7 Å². The van der Waals surface area contributed by atoms with Crippen LogP contribution in [0.4, 0.5) is 0 Å².